The average Bonchev–Trinajstić information content (AvgIpc) is 2.84. The van der Waals surface area contributed by atoms with E-state index in [1.165, 1.54) is 0 Å². The van der Waals surface area contributed by atoms with Crippen LogP contribution in [0.25, 0.3) is 0 Å². The summed E-state index contributed by atoms with van der Waals surface area (Å²) in [5.74, 6) is 0.381. The van der Waals surface area contributed by atoms with Crippen LogP contribution in [0.1, 0.15) is 44.0 Å². The standard InChI is InChI=1S/C15H22N2O3/c1-4-10(2)20-14-9-12(5-7-16-14)15(18)17-13-6-8-19-11(13)3/h5,7,9-11,13H,4,6,8H2,1-3H3,(H,17,18)/t10-,11-,13+/m0/s1. The van der Waals surface area contributed by atoms with Gasteiger partial charge in [-0.1, -0.05) is 6.92 Å². The van der Waals surface area contributed by atoms with Gasteiger partial charge in [-0.2, -0.15) is 0 Å². The number of ether oxygens (including phenoxy) is 2. The Balaban J connectivity index is 2.00. The molecule has 0 saturated carbocycles. The number of nitrogens with zero attached hydrogens (tertiary/aromatic N) is 1. The molecule has 1 N–H and O–H groups in total. The molecule has 1 aliphatic rings. The molecule has 1 saturated heterocycles. The quantitative estimate of drug-likeness (QED) is 0.896. The van der Waals surface area contributed by atoms with E-state index in [1.807, 2.05) is 20.8 Å². The monoisotopic (exact) mass is 278 g/mol. The van der Waals surface area contributed by atoms with Crippen LogP contribution >= 0.6 is 0 Å². The Morgan fingerprint density at radius 1 is 1.65 bits per heavy atom. The summed E-state index contributed by atoms with van der Waals surface area (Å²) < 4.78 is 11.1. The van der Waals surface area contributed by atoms with Crippen LogP contribution in [0.4, 0.5) is 0 Å². The van der Waals surface area contributed by atoms with Crippen molar-refractivity contribution in [3.63, 3.8) is 0 Å². The first-order valence-electron chi connectivity index (χ1n) is 7.15. The molecule has 110 valence electrons. The van der Waals surface area contributed by atoms with Gasteiger partial charge in [-0.3, -0.25) is 4.79 Å². The minimum atomic E-state index is -0.108. The summed E-state index contributed by atoms with van der Waals surface area (Å²) in [6.07, 6.45) is 3.51. The fourth-order valence-corrected chi connectivity index (χ4v) is 2.08. The number of amides is 1. The fourth-order valence-electron chi connectivity index (χ4n) is 2.08. The van der Waals surface area contributed by atoms with E-state index in [4.69, 9.17) is 9.47 Å². The first kappa shape index (κ1) is 14.8. The summed E-state index contributed by atoms with van der Waals surface area (Å²) >= 11 is 0. The molecule has 5 heteroatoms. The molecule has 3 atom stereocenters. The molecule has 2 rings (SSSR count). The molecular weight excluding hydrogens is 256 g/mol. The number of hydrogen-bond acceptors (Lipinski definition) is 4. The number of carbonyl (C=O) groups excluding carboxylic acids is 1. The average molecular weight is 278 g/mol. The highest BCUT2D eigenvalue weighted by atomic mass is 16.5. The Kier molecular flexibility index (Phi) is 4.95. The Hall–Kier alpha value is -1.62. The number of rotatable bonds is 5. The second-order valence-electron chi connectivity index (χ2n) is 5.16. The third-order valence-electron chi connectivity index (χ3n) is 3.59. The molecule has 0 aromatic carbocycles. The molecule has 2 heterocycles. The topological polar surface area (TPSA) is 60.5 Å². The van der Waals surface area contributed by atoms with Crippen molar-refractivity contribution in [3.8, 4) is 5.88 Å². The van der Waals surface area contributed by atoms with Gasteiger partial charge in [0.1, 0.15) is 0 Å². The van der Waals surface area contributed by atoms with Gasteiger partial charge in [-0.05, 0) is 32.8 Å². The van der Waals surface area contributed by atoms with Crippen LogP contribution in [-0.4, -0.2) is 35.7 Å². The highest BCUT2D eigenvalue weighted by molar-refractivity contribution is 5.94. The highest BCUT2D eigenvalue weighted by Gasteiger charge is 2.26. The van der Waals surface area contributed by atoms with Crippen LogP contribution in [0.5, 0.6) is 5.88 Å². The van der Waals surface area contributed by atoms with E-state index >= 15 is 0 Å². The molecule has 1 aliphatic heterocycles. The summed E-state index contributed by atoms with van der Waals surface area (Å²) in [7, 11) is 0. The van der Waals surface area contributed by atoms with E-state index in [0.29, 0.717) is 18.1 Å². The second-order valence-corrected chi connectivity index (χ2v) is 5.16. The Morgan fingerprint density at radius 2 is 2.45 bits per heavy atom. The van der Waals surface area contributed by atoms with Crippen molar-refractivity contribution in [2.45, 2.75) is 51.9 Å². The fraction of sp³-hybridized carbons (Fsp3) is 0.600. The third kappa shape index (κ3) is 3.70. The van der Waals surface area contributed by atoms with Crippen molar-refractivity contribution < 1.29 is 14.3 Å². The zero-order valence-electron chi connectivity index (χ0n) is 12.3. The van der Waals surface area contributed by atoms with Gasteiger partial charge in [0.05, 0.1) is 18.2 Å². The van der Waals surface area contributed by atoms with Gasteiger partial charge < -0.3 is 14.8 Å². The van der Waals surface area contributed by atoms with E-state index in [9.17, 15) is 4.79 Å². The highest BCUT2D eigenvalue weighted by Crippen LogP contribution is 2.15. The number of hydrogen-bond donors (Lipinski definition) is 1. The number of aromatic nitrogens is 1. The molecule has 20 heavy (non-hydrogen) atoms. The van der Waals surface area contributed by atoms with Crippen molar-refractivity contribution in [3.05, 3.63) is 23.9 Å². The van der Waals surface area contributed by atoms with Crippen molar-refractivity contribution in [1.29, 1.82) is 0 Å². The van der Waals surface area contributed by atoms with Crippen LogP contribution in [0.2, 0.25) is 0 Å². The maximum absolute atomic E-state index is 12.2. The van der Waals surface area contributed by atoms with Crippen molar-refractivity contribution >= 4 is 5.91 Å². The maximum Gasteiger partial charge on any atom is 0.251 e. The maximum atomic E-state index is 12.2. The lowest BCUT2D eigenvalue weighted by atomic mass is 10.1. The van der Waals surface area contributed by atoms with Gasteiger partial charge in [0.15, 0.2) is 0 Å². The lowest BCUT2D eigenvalue weighted by Gasteiger charge is -2.16. The summed E-state index contributed by atoms with van der Waals surface area (Å²) in [5, 5.41) is 2.99. The van der Waals surface area contributed by atoms with E-state index in [1.54, 1.807) is 18.3 Å². The molecule has 1 aromatic rings. The van der Waals surface area contributed by atoms with Crippen LogP contribution in [-0.2, 0) is 4.74 Å². The summed E-state index contributed by atoms with van der Waals surface area (Å²) in [6.45, 7) is 6.70. The molecule has 0 aliphatic carbocycles. The summed E-state index contributed by atoms with van der Waals surface area (Å²) in [5.41, 5.74) is 0.567. The zero-order valence-corrected chi connectivity index (χ0v) is 12.3. The molecular formula is C15H22N2O3. The van der Waals surface area contributed by atoms with E-state index in [0.717, 1.165) is 12.8 Å². The normalized spacial score (nSPS) is 23.4. The molecule has 1 aromatic heterocycles. The third-order valence-corrected chi connectivity index (χ3v) is 3.59. The summed E-state index contributed by atoms with van der Waals surface area (Å²) in [4.78, 5) is 16.3. The lowest BCUT2D eigenvalue weighted by Crippen LogP contribution is -2.39. The van der Waals surface area contributed by atoms with Crippen LogP contribution < -0.4 is 10.1 Å². The number of nitrogens with one attached hydrogen (secondary N) is 1. The molecule has 0 radical (unpaired) electrons. The number of carbonyl (C=O) groups is 1. The van der Waals surface area contributed by atoms with Crippen molar-refractivity contribution in [1.82, 2.24) is 10.3 Å². The minimum absolute atomic E-state index is 0.0663. The predicted molar refractivity (Wildman–Crippen MR) is 75.9 cm³/mol. The molecule has 0 unspecified atom stereocenters. The predicted octanol–water partition coefficient (Wildman–Crippen LogP) is 2.17. The van der Waals surface area contributed by atoms with Gasteiger partial charge in [0.25, 0.3) is 5.91 Å². The Morgan fingerprint density at radius 3 is 3.10 bits per heavy atom. The Bertz CT molecular complexity index is 464. The van der Waals surface area contributed by atoms with Gasteiger partial charge in [-0.25, -0.2) is 4.98 Å². The molecule has 5 nitrogen and oxygen atoms in total. The first-order chi connectivity index (χ1) is 9.60. The van der Waals surface area contributed by atoms with Crippen molar-refractivity contribution in [2.24, 2.45) is 0 Å². The zero-order chi connectivity index (χ0) is 14.5. The second kappa shape index (κ2) is 6.70. The van der Waals surface area contributed by atoms with Gasteiger partial charge in [0, 0.05) is 24.4 Å². The van der Waals surface area contributed by atoms with Gasteiger partial charge in [0.2, 0.25) is 5.88 Å². The SMILES string of the molecule is CC[C@H](C)Oc1cc(C(=O)N[C@@H]2CCO[C@H]2C)ccn1. The minimum Gasteiger partial charge on any atom is -0.475 e. The van der Waals surface area contributed by atoms with Crippen LogP contribution in [0, 0.1) is 0 Å². The molecule has 1 amide bonds. The van der Waals surface area contributed by atoms with Gasteiger partial charge >= 0.3 is 0 Å². The first-order valence-corrected chi connectivity index (χ1v) is 7.15. The molecule has 0 bridgehead atoms. The van der Waals surface area contributed by atoms with Crippen LogP contribution in [0.3, 0.4) is 0 Å². The van der Waals surface area contributed by atoms with E-state index in [-0.39, 0.29) is 24.2 Å². The van der Waals surface area contributed by atoms with Crippen LogP contribution in [0.15, 0.2) is 18.3 Å². The molecule has 1 fully saturated rings. The van der Waals surface area contributed by atoms with Crippen molar-refractivity contribution in [2.75, 3.05) is 6.61 Å². The Labute approximate surface area is 119 Å². The summed E-state index contributed by atoms with van der Waals surface area (Å²) in [6, 6.07) is 3.45. The van der Waals surface area contributed by atoms with E-state index < -0.39 is 0 Å². The van der Waals surface area contributed by atoms with E-state index in [2.05, 4.69) is 10.3 Å². The smallest absolute Gasteiger partial charge is 0.251 e. The lowest BCUT2D eigenvalue weighted by molar-refractivity contribution is 0.0865. The number of pyridine rings is 1. The van der Waals surface area contributed by atoms with Gasteiger partial charge in [-0.15, -0.1) is 0 Å². The molecule has 0 spiro atoms. The largest absolute Gasteiger partial charge is 0.475 e.